The lowest BCUT2D eigenvalue weighted by atomic mass is 9.90. The third-order valence-corrected chi connectivity index (χ3v) is 4.97. The number of rotatable bonds is 3. The molecular formula is C20H17Cl2N3O2. The fourth-order valence-corrected chi connectivity index (χ4v) is 3.33. The first-order valence-electron chi connectivity index (χ1n) is 8.21. The van der Waals surface area contributed by atoms with Crippen LogP contribution in [0.25, 0.3) is 0 Å². The first-order valence-corrected chi connectivity index (χ1v) is 8.97. The number of nitrogens with zero attached hydrogens (tertiary/aromatic N) is 1. The third-order valence-electron chi connectivity index (χ3n) is 4.19. The van der Waals surface area contributed by atoms with Gasteiger partial charge in [0.05, 0.1) is 17.1 Å². The number of carbonyl (C=O) groups excluding carboxylic acids is 2. The average Bonchev–Trinajstić information content (AvgIpc) is 2.62. The lowest BCUT2D eigenvalue weighted by Gasteiger charge is -2.20. The Hall–Kier alpha value is -2.63. The van der Waals surface area contributed by atoms with Crippen molar-refractivity contribution in [3.05, 3.63) is 68.8 Å². The molecule has 0 saturated carbocycles. The van der Waals surface area contributed by atoms with E-state index in [1.807, 2.05) is 13.0 Å². The molecule has 0 aromatic heterocycles. The summed E-state index contributed by atoms with van der Waals surface area (Å²) in [7, 11) is 1.77. The molecule has 0 saturated heterocycles. The second-order valence-corrected chi connectivity index (χ2v) is 6.89. The summed E-state index contributed by atoms with van der Waals surface area (Å²) in [6.07, 6.45) is 1.56. The van der Waals surface area contributed by atoms with Crippen molar-refractivity contribution in [2.75, 3.05) is 12.4 Å². The maximum atomic E-state index is 12.8. The normalized spacial score (nSPS) is 14.6. The van der Waals surface area contributed by atoms with Crippen LogP contribution in [0.15, 0.2) is 47.1 Å². The molecule has 7 heteroatoms. The average molecular weight is 402 g/mol. The smallest absolute Gasteiger partial charge is 0.221 e. The number of ketones is 1. The maximum absolute atomic E-state index is 12.8. The summed E-state index contributed by atoms with van der Waals surface area (Å²) in [5.41, 5.74) is 3.88. The van der Waals surface area contributed by atoms with E-state index in [1.54, 1.807) is 37.4 Å². The van der Waals surface area contributed by atoms with Crippen molar-refractivity contribution in [1.82, 2.24) is 5.32 Å². The highest BCUT2D eigenvalue weighted by atomic mass is 35.5. The summed E-state index contributed by atoms with van der Waals surface area (Å²) in [4.78, 5) is 28.9. The first kappa shape index (κ1) is 19.1. The number of benzene rings is 2. The van der Waals surface area contributed by atoms with Crippen LogP contribution in [0.4, 0.5) is 11.4 Å². The van der Waals surface area contributed by atoms with Crippen molar-refractivity contribution < 1.29 is 9.59 Å². The van der Waals surface area contributed by atoms with E-state index in [-0.39, 0.29) is 17.4 Å². The summed E-state index contributed by atoms with van der Waals surface area (Å²) in [5.74, 6) is -0.597. The van der Waals surface area contributed by atoms with Gasteiger partial charge in [0.1, 0.15) is 0 Å². The first-order chi connectivity index (χ1) is 12.8. The van der Waals surface area contributed by atoms with Gasteiger partial charge in [0.2, 0.25) is 11.7 Å². The highest BCUT2D eigenvalue weighted by molar-refractivity contribution is 6.36. The zero-order valence-corrected chi connectivity index (χ0v) is 16.5. The Morgan fingerprint density at radius 3 is 2.41 bits per heavy atom. The molecule has 138 valence electrons. The summed E-state index contributed by atoms with van der Waals surface area (Å²) in [5, 5.41) is 6.66. The van der Waals surface area contributed by atoms with Crippen LogP contribution in [0, 0.1) is 6.92 Å². The SMILES string of the molecule is CNc1cccc2c1C(=Nc1cc(Cl)c(C)c(Cl)c1)C=C(NC(C)=O)C2=O. The van der Waals surface area contributed by atoms with Gasteiger partial charge in [-0.2, -0.15) is 0 Å². The molecule has 0 radical (unpaired) electrons. The predicted molar refractivity (Wildman–Crippen MR) is 110 cm³/mol. The number of allylic oxidation sites excluding steroid dienone is 2. The summed E-state index contributed by atoms with van der Waals surface area (Å²) in [6.45, 7) is 3.17. The molecule has 0 atom stereocenters. The van der Waals surface area contributed by atoms with Crippen molar-refractivity contribution in [3.8, 4) is 0 Å². The van der Waals surface area contributed by atoms with Gasteiger partial charge in [-0.25, -0.2) is 4.99 Å². The van der Waals surface area contributed by atoms with Crippen molar-refractivity contribution in [2.24, 2.45) is 4.99 Å². The van der Waals surface area contributed by atoms with Crippen LogP contribution < -0.4 is 10.6 Å². The number of halogens is 2. The second-order valence-electron chi connectivity index (χ2n) is 6.08. The minimum Gasteiger partial charge on any atom is -0.388 e. The van der Waals surface area contributed by atoms with Gasteiger partial charge in [-0.05, 0) is 36.8 Å². The van der Waals surface area contributed by atoms with Crippen molar-refractivity contribution >= 4 is 52.0 Å². The van der Waals surface area contributed by atoms with E-state index in [2.05, 4.69) is 15.6 Å². The van der Waals surface area contributed by atoms with Gasteiger partial charge in [0, 0.05) is 40.8 Å². The van der Waals surface area contributed by atoms with Crippen LogP contribution in [-0.4, -0.2) is 24.4 Å². The van der Waals surface area contributed by atoms with Crippen LogP contribution >= 0.6 is 23.2 Å². The molecule has 5 nitrogen and oxygen atoms in total. The van der Waals surface area contributed by atoms with Gasteiger partial charge in [-0.1, -0.05) is 35.3 Å². The van der Waals surface area contributed by atoms with E-state index in [4.69, 9.17) is 23.2 Å². The number of Topliss-reactive ketones (excluding diaryl/α,β-unsaturated/α-hetero) is 1. The molecule has 2 aromatic rings. The minimum absolute atomic E-state index is 0.173. The topological polar surface area (TPSA) is 70.6 Å². The standard InChI is InChI=1S/C20H17Cl2N3O2/c1-10-14(21)7-12(8-15(10)22)25-17-9-18(24-11(2)26)20(27)13-5-4-6-16(23-3)19(13)17/h4-9,23H,1-3H3,(H,24,26). The van der Waals surface area contributed by atoms with Crippen molar-refractivity contribution in [3.63, 3.8) is 0 Å². The molecule has 2 N–H and O–H groups in total. The van der Waals surface area contributed by atoms with Gasteiger partial charge < -0.3 is 10.6 Å². The molecule has 2 aromatic carbocycles. The number of fused-ring (bicyclic) bond motifs is 1. The van der Waals surface area contributed by atoms with E-state index in [9.17, 15) is 9.59 Å². The van der Waals surface area contributed by atoms with E-state index in [1.165, 1.54) is 6.92 Å². The zero-order chi connectivity index (χ0) is 19.7. The van der Waals surface area contributed by atoms with Gasteiger partial charge in [-0.15, -0.1) is 0 Å². The Bertz CT molecular complexity index is 1000. The predicted octanol–water partition coefficient (Wildman–Crippen LogP) is 4.68. The molecule has 3 rings (SSSR count). The molecule has 0 fully saturated rings. The molecule has 1 aliphatic rings. The number of hydrogen-bond acceptors (Lipinski definition) is 4. The van der Waals surface area contributed by atoms with E-state index in [0.29, 0.717) is 32.6 Å². The number of amides is 1. The number of anilines is 1. The summed E-state index contributed by atoms with van der Waals surface area (Å²) < 4.78 is 0. The fraction of sp³-hybridized carbons (Fsp3) is 0.150. The molecule has 0 aliphatic heterocycles. The Labute approximate surface area is 167 Å². The number of carbonyl (C=O) groups is 2. The van der Waals surface area contributed by atoms with E-state index >= 15 is 0 Å². The molecule has 1 amide bonds. The molecule has 0 bridgehead atoms. The van der Waals surface area contributed by atoms with Gasteiger partial charge >= 0.3 is 0 Å². The molecule has 0 unspecified atom stereocenters. The lowest BCUT2D eigenvalue weighted by Crippen LogP contribution is -2.30. The quantitative estimate of drug-likeness (QED) is 0.783. The fourth-order valence-electron chi connectivity index (χ4n) is 2.85. The summed E-state index contributed by atoms with van der Waals surface area (Å²) in [6, 6.07) is 8.75. The molecular weight excluding hydrogens is 385 g/mol. The molecule has 1 aliphatic carbocycles. The number of nitrogens with one attached hydrogen (secondary N) is 2. The Morgan fingerprint density at radius 1 is 1.15 bits per heavy atom. The minimum atomic E-state index is -0.330. The van der Waals surface area contributed by atoms with Crippen molar-refractivity contribution in [1.29, 1.82) is 0 Å². The van der Waals surface area contributed by atoms with Crippen LogP contribution in [0.5, 0.6) is 0 Å². The largest absolute Gasteiger partial charge is 0.388 e. The number of aliphatic imine (C=N–C) groups is 1. The monoisotopic (exact) mass is 401 g/mol. The molecule has 0 heterocycles. The van der Waals surface area contributed by atoms with E-state index < -0.39 is 0 Å². The van der Waals surface area contributed by atoms with Crippen LogP contribution in [0.2, 0.25) is 10.0 Å². The van der Waals surface area contributed by atoms with E-state index in [0.717, 1.165) is 11.3 Å². The van der Waals surface area contributed by atoms with Gasteiger partial charge in [0.25, 0.3) is 0 Å². The zero-order valence-electron chi connectivity index (χ0n) is 15.0. The van der Waals surface area contributed by atoms with Crippen LogP contribution in [0.1, 0.15) is 28.4 Å². The summed E-state index contributed by atoms with van der Waals surface area (Å²) >= 11 is 12.4. The van der Waals surface area contributed by atoms with Gasteiger partial charge in [-0.3, -0.25) is 9.59 Å². The lowest BCUT2D eigenvalue weighted by molar-refractivity contribution is -0.118. The second kappa shape index (κ2) is 7.55. The molecule has 0 spiro atoms. The third kappa shape index (κ3) is 3.75. The Kier molecular flexibility index (Phi) is 5.35. The number of hydrogen-bond donors (Lipinski definition) is 2. The maximum Gasteiger partial charge on any atom is 0.221 e. The Morgan fingerprint density at radius 2 is 1.81 bits per heavy atom. The van der Waals surface area contributed by atoms with Crippen LogP contribution in [0.3, 0.4) is 0 Å². The van der Waals surface area contributed by atoms with Crippen LogP contribution in [-0.2, 0) is 4.79 Å². The van der Waals surface area contributed by atoms with Gasteiger partial charge in [0.15, 0.2) is 0 Å². The Balaban J connectivity index is 2.24. The molecule has 27 heavy (non-hydrogen) atoms. The highest BCUT2D eigenvalue weighted by Crippen LogP contribution is 2.33. The van der Waals surface area contributed by atoms with Crippen molar-refractivity contribution in [2.45, 2.75) is 13.8 Å². The highest BCUT2D eigenvalue weighted by Gasteiger charge is 2.27.